The van der Waals surface area contributed by atoms with Crippen molar-refractivity contribution >= 4 is 15.5 Å². The van der Waals surface area contributed by atoms with E-state index in [-0.39, 0.29) is 5.88 Å². The molecule has 0 bridgehead atoms. The van der Waals surface area contributed by atoms with Crippen LogP contribution in [0, 0.1) is 11.8 Å². The van der Waals surface area contributed by atoms with E-state index in [1.54, 1.807) is 18.2 Å². The van der Waals surface area contributed by atoms with Gasteiger partial charge in [0, 0.05) is 18.8 Å². The summed E-state index contributed by atoms with van der Waals surface area (Å²) in [6, 6.07) is 6.50. The molecule has 1 aromatic carbocycles. The van der Waals surface area contributed by atoms with E-state index in [9.17, 15) is 8.42 Å². The van der Waals surface area contributed by atoms with Crippen molar-refractivity contribution in [2.24, 2.45) is 11.8 Å². The molecule has 0 spiro atoms. The quantitative estimate of drug-likeness (QED) is 0.786. The lowest BCUT2D eigenvalue weighted by Gasteiger charge is -2.25. The fourth-order valence-electron chi connectivity index (χ4n) is 2.24. The van der Waals surface area contributed by atoms with Crippen LogP contribution >= 0.6 is 0 Å². The lowest BCUT2D eigenvalue weighted by molar-refractivity contribution is 0.250. The van der Waals surface area contributed by atoms with Crippen LogP contribution in [0.3, 0.4) is 0 Å². The third-order valence-corrected chi connectivity index (χ3v) is 4.49. The van der Waals surface area contributed by atoms with Crippen molar-refractivity contribution < 1.29 is 8.42 Å². The predicted octanol–water partition coefficient (Wildman–Crippen LogP) is 2.61. The monoisotopic (exact) mass is 298 g/mol. The standard InChI is InChI=1S/C15H26N2O2S/c1-12(2)9-17(10-13(3)4)11-20(18,19)15-7-5-6-14(16)8-15/h5-8,12-13H,9-11,16H2,1-4H3. The molecule has 4 nitrogen and oxygen atoms in total. The summed E-state index contributed by atoms with van der Waals surface area (Å²) in [7, 11) is -3.33. The maximum absolute atomic E-state index is 12.5. The number of hydrogen-bond donors (Lipinski definition) is 1. The molecule has 1 aromatic rings. The number of nitrogens with two attached hydrogens (primary N) is 1. The lowest BCUT2D eigenvalue weighted by Crippen LogP contribution is -2.35. The van der Waals surface area contributed by atoms with E-state index in [2.05, 4.69) is 27.7 Å². The molecular formula is C15H26N2O2S. The van der Waals surface area contributed by atoms with Crippen molar-refractivity contribution in [3.63, 3.8) is 0 Å². The highest BCUT2D eigenvalue weighted by atomic mass is 32.2. The zero-order valence-electron chi connectivity index (χ0n) is 12.8. The number of anilines is 1. The zero-order valence-corrected chi connectivity index (χ0v) is 13.7. The molecule has 0 aliphatic heterocycles. The van der Waals surface area contributed by atoms with E-state index in [0.717, 1.165) is 13.1 Å². The van der Waals surface area contributed by atoms with E-state index in [1.165, 1.54) is 6.07 Å². The summed E-state index contributed by atoms with van der Waals surface area (Å²) in [6.45, 7) is 9.95. The molecule has 0 heterocycles. The topological polar surface area (TPSA) is 63.4 Å². The van der Waals surface area contributed by atoms with E-state index in [4.69, 9.17) is 5.73 Å². The maximum Gasteiger partial charge on any atom is 0.191 e. The Morgan fingerprint density at radius 3 is 2.10 bits per heavy atom. The Kier molecular flexibility index (Phi) is 6.02. The van der Waals surface area contributed by atoms with Crippen LogP contribution in [0.15, 0.2) is 29.2 Å². The minimum absolute atomic E-state index is 0.0484. The van der Waals surface area contributed by atoms with Crippen LogP contribution in [0.5, 0.6) is 0 Å². The second-order valence-corrected chi connectivity index (χ2v) is 8.10. The van der Waals surface area contributed by atoms with Gasteiger partial charge in [0.1, 0.15) is 5.88 Å². The van der Waals surface area contributed by atoms with Gasteiger partial charge in [-0.05, 0) is 30.0 Å². The fraction of sp³-hybridized carbons (Fsp3) is 0.600. The Morgan fingerprint density at radius 2 is 1.65 bits per heavy atom. The van der Waals surface area contributed by atoms with Gasteiger partial charge in [-0.3, -0.25) is 4.90 Å². The first-order chi connectivity index (χ1) is 9.20. The Hall–Kier alpha value is -1.07. The van der Waals surface area contributed by atoms with Crippen LogP contribution in [0.4, 0.5) is 5.69 Å². The first-order valence-corrected chi connectivity index (χ1v) is 8.66. The number of nitrogens with zero attached hydrogens (tertiary/aromatic N) is 1. The molecule has 114 valence electrons. The Balaban J connectivity index is 2.90. The van der Waals surface area contributed by atoms with Crippen molar-refractivity contribution in [1.82, 2.24) is 4.90 Å². The molecule has 0 saturated carbocycles. The molecule has 1 rings (SSSR count). The third kappa shape index (κ3) is 5.51. The molecule has 0 amide bonds. The van der Waals surface area contributed by atoms with E-state index in [1.807, 2.05) is 4.90 Å². The van der Waals surface area contributed by atoms with Gasteiger partial charge in [0.25, 0.3) is 0 Å². The van der Waals surface area contributed by atoms with E-state index < -0.39 is 9.84 Å². The molecule has 0 aliphatic carbocycles. The molecule has 0 fully saturated rings. The fourth-order valence-corrected chi connectivity index (χ4v) is 3.68. The molecule has 20 heavy (non-hydrogen) atoms. The molecule has 5 heteroatoms. The van der Waals surface area contributed by atoms with Crippen LogP contribution in [0.2, 0.25) is 0 Å². The van der Waals surface area contributed by atoms with Crippen LogP contribution in [-0.4, -0.2) is 32.3 Å². The van der Waals surface area contributed by atoms with Crippen LogP contribution in [0.25, 0.3) is 0 Å². The summed E-state index contributed by atoms with van der Waals surface area (Å²) < 4.78 is 24.9. The van der Waals surface area contributed by atoms with Crippen molar-refractivity contribution in [1.29, 1.82) is 0 Å². The van der Waals surface area contributed by atoms with Gasteiger partial charge in [-0.25, -0.2) is 8.42 Å². The molecule has 0 radical (unpaired) electrons. The number of sulfone groups is 1. The average molecular weight is 298 g/mol. The van der Waals surface area contributed by atoms with Gasteiger partial charge < -0.3 is 5.73 Å². The predicted molar refractivity (Wildman–Crippen MR) is 84.2 cm³/mol. The van der Waals surface area contributed by atoms with Gasteiger partial charge in [-0.1, -0.05) is 33.8 Å². The molecule has 0 atom stereocenters. The Bertz CT molecular complexity index is 514. The normalized spacial score (nSPS) is 12.6. The summed E-state index contributed by atoms with van der Waals surface area (Å²) in [5, 5.41) is 0. The number of rotatable bonds is 7. The second-order valence-electron chi connectivity index (χ2n) is 6.14. The zero-order chi connectivity index (χ0) is 15.3. The number of nitrogen functional groups attached to an aromatic ring is 1. The van der Waals surface area contributed by atoms with Crippen molar-refractivity contribution in [3.8, 4) is 0 Å². The van der Waals surface area contributed by atoms with E-state index >= 15 is 0 Å². The van der Waals surface area contributed by atoms with Crippen molar-refractivity contribution in [2.45, 2.75) is 32.6 Å². The molecule has 2 N–H and O–H groups in total. The van der Waals surface area contributed by atoms with Gasteiger partial charge in [0.05, 0.1) is 4.90 Å². The highest BCUT2D eigenvalue weighted by Gasteiger charge is 2.20. The smallest absolute Gasteiger partial charge is 0.191 e. The molecule has 0 unspecified atom stereocenters. The van der Waals surface area contributed by atoms with Gasteiger partial charge in [0.2, 0.25) is 0 Å². The Labute approximate surface area is 122 Å². The lowest BCUT2D eigenvalue weighted by atomic mass is 10.1. The van der Waals surface area contributed by atoms with Crippen molar-refractivity contribution in [2.75, 3.05) is 24.7 Å². The second kappa shape index (κ2) is 7.09. The maximum atomic E-state index is 12.5. The minimum atomic E-state index is -3.33. The van der Waals surface area contributed by atoms with Gasteiger partial charge in [-0.15, -0.1) is 0 Å². The first-order valence-electron chi connectivity index (χ1n) is 7.01. The SMILES string of the molecule is CC(C)CN(CC(C)C)CS(=O)(=O)c1cccc(N)c1. The highest BCUT2D eigenvalue weighted by Crippen LogP contribution is 2.17. The van der Waals surface area contributed by atoms with Gasteiger partial charge in [-0.2, -0.15) is 0 Å². The van der Waals surface area contributed by atoms with Crippen LogP contribution in [0.1, 0.15) is 27.7 Å². The summed E-state index contributed by atoms with van der Waals surface area (Å²) >= 11 is 0. The Morgan fingerprint density at radius 1 is 1.10 bits per heavy atom. The van der Waals surface area contributed by atoms with Gasteiger partial charge in [0.15, 0.2) is 9.84 Å². The first kappa shape index (κ1) is 17.0. The minimum Gasteiger partial charge on any atom is -0.399 e. The van der Waals surface area contributed by atoms with Crippen molar-refractivity contribution in [3.05, 3.63) is 24.3 Å². The molecule has 0 aromatic heterocycles. The number of hydrogen-bond acceptors (Lipinski definition) is 4. The number of benzene rings is 1. The summed E-state index contributed by atoms with van der Waals surface area (Å²) in [5.41, 5.74) is 6.15. The molecule has 0 saturated heterocycles. The summed E-state index contributed by atoms with van der Waals surface area (Å²) in [5.74, 6) is 0.918. The molecular weight excluding hydrogens is 272 g/mol. The van der Waals surface area contributed by atoms with Crippen LogP contribution in [-0.2, 0) is 9.84 Å². The summed E-state index contributed by atoms with van der Waals surface area (Å²) in [6.07, 6.45) is 0. The summed E-state index contributed by atoms with van der Waals surface area (Å²) in [4.78, 5) is 2.31. The van der Waals surface area contributed by atoms with Gasteiger partial charge >= 0.3 is 0 Å². The molecule has 0 aliphatic rings. The largest absolute Gasteiger partial charge is 0.399 e. The van der Waals surface area contributed by atoms with E-state index in [0.29, 0.717) is 22.4 Å². The highest BCUT2D eigenvalue weighted by molar-refractivity contribution is 7.91. The third-order valence-electron chi connectivity index (χ3n) is 2.82. The van der Waals surface area contributed by atoms with Crippen LogP contribution < -0.4 is 5.73 Å². The average Bonchev–Trinajstić information content (AvgIpc) is 2.26.